The van der Waals surface area contributed by atoms with Gasteiger partial charge in [-0.25, -0.2) is 0 Å². The molecule has 2 aromatic rings. The van der Waals surface area contributed by atoms with Crippen molar-refractivity contribution in [2.75, 3.05) is 0 Å². The third kappa shape index (κ3) is 3.97. The van der Waals surface area contributed by atoms with Crippen LogP contribution in [0, 0.1) is 6.92 Å². The predicted molar refractivity (Wildman–Crippen MR) is 77.7 cm³/mol. The smallest absolute Gasteiger partial charge is 0.416 e. The number of halogens is 3. The summed E-state index contributed by atoms with van der Waals surface area (Å²) in [5.41, 5.74) is 0.261. The van der Waals surface area contributed by atoms with Crippen LogP contribution in [0.5, 0.6) is 5.75 Å². The largest absolute Gasteiger partial charge is 0.508 e. The molecule has 114 valence electrons. The number of phenolic OH excluding ortho intramolecular Hbond substituents is 1. The van der Waals surface area contributed by atoms with E-state index in [0.717, 1.165) is 12.1 Å². The second kappa shape index (κ2) is 6.05. The van der Waals surface area contributed by atoms with Gasteiger partial charge in [-0.3, -0.25) is 4.79 Å². The minimum absolute atomic E-state index is 0.0471. The fraction of sp³-hybridized carbons (Fsp3) is 0.118. The van der Waals surface area contributed by atoms with Gasteiger partial charge in [0.2, 0.25) is 0 Å². The van der Waals surface area contributed by atoms with Crippen molar-refractivity contribution >= 4 is 11.9 Å². The molecule has 0 atom stereocenters. The minimum Gasteiger partial charge on any atom is -0.508 e. The third-order valence-corrected chi connectivity index (χ3v) is 2.98. The molecule has 0 aromatic heterocycles. The van der Waals surface area contributed by atoms with Crippen molar-refractivity contribution < 1.29 is 23.1 Å². The van der Waals surface area contributed by atoms with Crippen molar-refractivity contribution in [3.05, 3.63) is 70.8 Å². The number of hydrogen-bond acceptors (Lipinski definition) is 2. The number of carbonyl (C=O) groups is 1. The monoisotopic (exact) mass is 306 g/mol. The van der Waals surface area contributed by atoms with Crippen molar-refractivity contribution in [3.8, 4) is 5.75 Å². The van der Waals surface area contributed by atoms with Gasteiger partial charge in [-0.15, -0.1) is 0 Å². The van der Waals surface area contributed by atoms with Crippen molar-refractivity contribution in [1.29, 1.82) is 0 Å². The number of carbonyl (C=O) groups excluding carboxylic acids is 1. The number of hydrogen-bond donors (Lipinski definition) is 1. The summed E-state index contributed by atoms with van der Waals surface area (Å²) in [6.07, 6.45) is -1.91. The standard InChI is InChI=1S/C17H13F3O2/c1-11-7-12(9-14(8-11)17(18,19)20)5-6-16(22)13-3-2-4-15(21)10-13/h2-10,21H,1H3/b6-5+. The van der Waals surface area contributed by atoms with Gasteiger partial charge in [0.15, 0.2) is 5.78 Å². The molecule has 0 amide bonds. The lowest BCUT2D eigenvalue weighted by molar-refractivity contribution is -0.137. The zero-order valence-electron chi connectivity index (χ0n) is 11.7. The van der Waals surface area contributed by atoms with Crippen LogP contribution in [0.15, 0.2) is 48.5 Å². The molecule has 0 radical (unpaired) electrons. The molecule has 0 aliphatic heterocycles. The highest BCUT2D eigenvalue weighted by molar-refractivity contribution is 6.07. The molecule has 0 aliphatic carbocycles. The van der Waals surface area contributed by atoms with E-state index in [4.69, 9.17) is 0 Å². The van der Waals surface area contributed by atoms with Crippen molar-refractivity contribution in [2.24, 2.45) is 0 Å². The summed E-state index contributed by atoms with van der Waals surface area (Å²) < 4.78 is 38.2. The van der Waals surface area contributed by atoms with E-state index in [9.17, 15) is 23.1 Å². The Kier molecular flexibility index (Phi) is 4.35. The summed E-state index contributed by atoms with van der Waals surface area (Å²) in [4.78, 5) is 11.9. The Morgan fingerprint density at radius 1 is 1.14 bits per heavy atom. The number of phenols is 1. The van der Waals surface area contributed by atoms with Crippen LogP contribution in [0.4, 0.5) is 13.2 Å². The summed E-state index contributed by atoms with van der Waals surface area (Å²) in [5.74, 6) is -0.444. The number of ketones is 1. The number of aryl methyl sites for hydroxylation is 1. The highest BCUT2D eigenvalue weighted by Gasteiger charge is 2.30. The molecule has 0 saturated carbocycles. The van der Waals surface area contributed by atoms with Gasteiger partial charge in [0.25, 0.3) is 0 Å². The summed E-state index contributed by atoms with van der Waals surface area (Å²) >= 11 is 0. The van der Waals surface area contributed by atoms with E-state index in [1.807, 2.05) is 0 Å². The molecule has 2 nitrogen and oxygen atoms in total. The first kappa shape index (κ1) is 15.8. The first-order valence-electron chi connectivity index (χ1n) is 6.46. The summed E-state index contributed by atoms with van der Waals surface area (Å²) in [5, 5.41) is 9.31. The summed E-state index contributed by atoms with van der Waals surface area (Å²) in [6, 6.07) is 9.35. The Labute approximate surface area is 125 Å². The van der Waals surface area contributed by atoms with Crippen LogP contribution in [0.1, 0.15) is 27.0 Å². The third-order valence-electron chi connectivity index (χ3n) is 2.98. The van der Waals surface area contributed by atoms with Gasteiger partial charge in [-0.05, 0) is 48.4 Å². The number of aromatic hydroxyl groups is 1. The molecule has 22 heavy (non-hydrogen) atoms. The Bertz CT molecular complexity index is 731. The fourth-order valence-electron chi connectivity index (χ4n) is 2.00. The molecule has 0 saturated heterocycles. The zero-order valence-corrected chi connectivity index (χ0v) is 11.7. The molecule has 1 N–H and O–H groups in total. The average molecular weight is 306 g/mol. The van der Waals surface area contributed by atoms with Crippen molar-refractivity contribution in [3.63, 3.8) is 0 Å². The highest BCUT2D eigenvalue weighted by atomic mass is 19.4. The van der Waals surface area contributed by atoms with E-state index in [1.54, 1.807) is 13.0 Å². The number of rotatable bonds is 3. The maximum Gasteiger partial charge on any atom is 0.416 e. The predicted octanol–water partition coefficient (Wildman–Crippen LogP) is 4.62. The SMILES string of the molecule is Cc1cc(/C=C/C(=O)c2cccc(O)c2)cc(C(F)(F)F)c1. The van der Waals surface area contributed by atoms with Gasteiger partial charge >= 0.3 is 6.18 Å². The molecule has 0 aliphatic rings. The van der Waals surface area contributed by atoms with Crippen LogP contribution in [0.3, 0.4) is 0 Å². The lowest BCUT2D eigenvalue weighted by Crippen LogP contribution is -2.05. The molecule has 0 bridgehead atoms. The molecule has 0 fully saturated rings. The molecule has 0 heterocycles. The van der Waals surface area contributed by atoms with Crippen LogP contribution in [-0.4, -0.2) is 10.9 Å². The molecule has 2 aromatic carbocycles. The Morgan fingerprint density at radius 2 is 1.86 bits per heavy atom. The normalized spacial score (nSPS) is 11.8. The van der Waals surface area contributed by atoms with E-state index in [2.05, 4.69) is 0 Å². The summed E-state index contributed by atoms with van der Waals surface area (Å²) in [6.45, 7) is 1.56. The van der Waals surface area contributed by atoms with Gasteiger partial charge in [-0.2, -0.15) is 13.2 Å². The van der Waals surface area contributed by atoms with Gasteiger partial charge in [0, 0.05) is 5.56 Å². The topological polar surface area (TPSA) is 37.3 Å². The van der Waals surface area contributed by atoms with Crippen LogP contribution in [0.2, 0.25) is 0 Å². The Balaban J connectivity index is 2.27. The van der Waals surface area contributed by atoms with Gasteiger partial charge in [0.1, 0.15) is 5.75 Å². The summed E-state index contributed by atoms with van der Waals surface area (Å²) in [7, 11) is 0. The first-order chi connectivity index (χ1) is 10.3. The maximum atomic E-state index is 12.7. The van der Waals surface area contributed by atoms with E-state index in [1.165, 1.54) is 36.4 Å². The molecule has 5 heteroatoms. The van der Waals surface area contributed by atoms with Crippen LogP contribution in [-0.2, 0) is 6.18 Å². The second-order valence-corrected chi connectivity index (χ2v) is 4.88. The highest BCUT2D eigenvalue weighted by Crippen LogP contribution is 2.30. The van der Waals surface area contributed by atoms with E-state index < -0.39 is 17.5 Å². The van der Waals surface area contributed by atoms with E-state index in [0.29, 0.717) is 11.1 Å². The maximum absolute atomic E-state index is 12.7. The van der Waals surface area contributed by atoms with E-state index >= 15 is 0 Å². The zero-order chi connectivity index (χ0) is 16.3. The molecular formula is C17H13F3O2. The van der Waals surface area contributed by atoms with Gasteiger partial charge in [0.05, 0.1) is 5.56 Å². The van der Waals surface area contributed by atoms with E-state index in [-0.39, 0.29) is 11.3 Å². The lowest BCUT2D eigenvalue weighted by atomic mass is 10.0. The molecule has 0 unspecified atom stereocenters. The lowest BCUT2D eigenvalue weighted by Gasteiger charge is -2.08. The molecular weight excluding hydrogens is 293 g/mol. The Hall–Kier alpha value is -2.56. The van der Waals surface area contributed by atoms with Gasteiger partial charge in [-0.1, -0.05) is 24.3 Å². The quantitative estimate of drug-likeness (QED) is 0.664. The van der Waals surface area contributed by atoms with Crippen molar-refractivity contribution in [2.45, 2.75) is 13.1 Å². The molecule has 2 rings (SSSR count). The van der Waals surface area contributed by atoms with Crippen LogP contribution < -0.4 is 0 Å². The van der Waals surface area contributed by atoms with Crippen molar-refractivity contribution in [1.82, 2.24) is 0 Å². The first-order valence-corrected chi connectivity index (χ1v) is 6.46. The number of benzene rings is 2. The average Bonchev–Trinajstić information content (AvgIpc) is 2.43. The van der Waals surface area contributed by atoms with Gasteiger partial charge < -0.3 is 5.11 Å². The number of allylic oxidation sites excluding steroid dienone is 1. The van der Waals surface area contributed by atoms with Crippen LogP contribution in [0.25, 0.3) is 6.08 Å². The second-order valence-electron chi connectivity index (χ2n) is 4.88. The number of alkyl halides is 3. The Morgan fingerprint density at radius 3 is 2.50 bits per heavy atom. The van der Waals surface area contributed by atoms with Crippen LogP contribution >= 0.6 is 0 Å². The minimum atomic E-state index is -4.43. The fourth-order valence-corrected chi connectivity index (χ4v) is 2.00. The molecule has 0 spiro atoms.